The molecular formula is C16H35NO4. The molecule has 21 heavy (non-hydrogen) atoms. The van der Waals surface area contributed by atoms with Gasteiger partial charge in [0.25, 0.3) is 0 Å². The Kier molecular flexibility index (Phi) is 19.6. The van der Waals surface area contributed by atoms with Gasteiger partial charge in [0, 0.05) is 26.4 Å². The van der Waals surface area contributed by atoms with Crippen molar-refractivity contribution in [2.45, 2.75) is 39.5 Å². The van der Waals surface area contributed by atoms with E-state index in [9.17, 15) is 0 Å². The van der Waals surface area contributed by atoms with Crippen LogP contribution in [-0.4, -0.2) is 65.9 Å². The van der Waals surface area contributed by atoms with E-state index in [0.29, 0.717) is 26.4 Å². The number of unbranched alkanes of at least 4 members (excludes halogenated alkanes) is 1. The first-order valence-corrected chi connectivity index (χ1v) is 8.43. The van der Waals surface area contributed by atoms with Crippen molar-refractivity contribution in [1.29, 1.82) is 0 Å². The van der Waals surface area contributed by atoms with Gasteiger partial charge in [-0.3, -0.25) is 0 Å². The van der Waals surface area contributed by atoms with Crippen LogP contribution in [0.1, 0.15) is 39.5 Å². The quantitative estimate of drug-likeness (QED) is 0.394. The van der Waals surface area contributed by atoms with E-state index in [1.54, 1.807) is 0 Å². The zero-order valence-electron chi connectivity index (χ0n) is 14.0. The van der Waals surface area contributed by atoms with E-state index in [0.717, 1.165) is 58.8 Å². The van der Waals surface area contributed by atoms with Crippen LogP contribution in [0.15, 0.2) is 0 Å². The van der Waals surface area contributed by atoms with Crippen molar-refractivity contribution in [3.05, 3.63) is 0 Å². The van der Waals surface area contributed by atoms with Gasteiger partial charge < -0.3 is 24.3 Å². The van der Waals surface area contributed by atoms with Gasteiger partial charge in [-0.2, -0.15) is 0 Å². The van der Waals surface area contributed by atoms with Gasteiger partial charge in [-0.25, -0.2) is 0 Å². The normalized spacial score (nSPS) is 11.1. The maximum Gasteiger partial charge on any atom is 0.0701 e. The average Bonchev–Trinajstić information content (AvgIpc) is 2.50. The van der Waals surface area contributed by atoms with Crippen LogP contribution >= 0.6 is 0 Å². The highest BCUT2D eigenvalue weighted by Gasteiger charge is 1.92. The minimum Gasteiger partial charge on any atom is -0.381 e. The van der Waals surface area contributed by atoms with Gasteiger partial charge in [0.2, 0.25) is 0 Å². The summed E-state index contributed by atoms with van der Waals surface area (Å²) in [7, 11) is 0. The van der Waals surface area contributed by atoms with Crippen LogP contribution in [0, 0.1) is 0 Å². The van der Waals surface area contributed by atoms with Crippen LogP contribution in [-0.2, 0) is 18.9 Å². The second-order valence-electron chi connectivity index (χ2n) is 4.91. The molecular weight excluding hydrogens is 270 g/mol. The van der Waals surface area contributed by atoms with E-state index in [2.05, 4.69) is 19.2 Å². The first kappa shape index (κ1) is 20.8. The molecule has 0 saturated carbocycles. The second kappa shape index (κ2) is 19.8. The molecule has 0 saturated heterocycles. The van der Waals surface area contributed by atoms with Crippen LogP contribution in [0.5, 0.6) is 0 Å². The largest absolute Gasteiger partial charge is 0.381 e. The van der Waals surface area contributed by atoms with Crippen molar-refractivity contribution in [2.24, 2.45) is 0 Å². The predicted octanol–water partition coefficient (Wildman–Crippen LogP) is 2.24. The number of hydrogen-bond acceptors (Lipinski definition) is 5. The number of nitrogens with one attached hydrogen (secondary N) is 1. The fourth-order valence-electron chi connectivity index (χ4n) is 1.60. The van der Waals surface area contributed by atoms with Crippen LogP contribution in [0.3, 0.4) is 0 Å². The molecule has 5 heteroatoms. The van der Waals surface area contributed by atoms with E-state index in [-0.39, 0.29) is 0 Å². The van der Waals surface area contributed by atoms with Crippen LogP contribution in [0.4, 0.5) is 0 Å². The second-order valence-corrected chi connectivity index (χ2v) is 4.91. The van der Waals surface area contributed by atoms with E-state index < -0.39 is 0 Å². The number of hydrogen-bond donors (Lipinski definition) is 1. The zero-order chi connectivity index (χ0) is 15.4. The van der Waals surface area contributed by atoms with Crippen molar-refractivity contribution in [1.82, 2.24) is 5.32 Å². The lowest BCUT2D eigenvalue weighted by Crippen LogP contribution is -2.22. The summed E-state index contributed by atoms with van der Waals surface area (Å²) in [6.45, 7) is 12.1. The van der Waals surface area contributed by atoms with E-state index in [4.69, 9.17) is 18.9 Å². The molecule has 0 spiro atoms. The van der Waals surface area contributed by atoms with Crippen molar-refractivity contribution in [3.8, 4) is 0 Å². The van der Waals surface area contributed by atoms with Crippen molar-refractivity contribution < 1.29 is 18.9 Å². The molecule has 0 aliphatic heterocycles. The fraction of sp³-hybridized carbons (Fsp3) is 1.00. The van der Waals surface area contributed by atoms with Crippen LogP contribution in [0.25, 0.3) is 0 Å². The summed E-state index contributed by atoms with van der Waals surface area (Å²) in [6, 6.07) is 0. The molecule has 0 aromatic heterocycles. The molecule has 128 valence electrons. The maximum absolute atomic E-state index is 5.46. The monoisotopic (exact) mass is 305 g/mol. The van der Waals surface area contributed by atoms with Gasteiger partial charge in [-0.1, -0.05) is 20.3 Å². The summed E-state index contributed by atoms with van der Waals surface area (Å²) in [4.78, 5) is 0. The summed E-state index contributed by atoms with van der Waals surface area (Å²) in [5, 5.41) is 3.33. The zero-order valence-corrected chi connectivity index (χ0v) is 14.0. The molecule has 0 unspecified atom stereocenters. The molecule has 0 fully saturated rings. The molecule has 0 aromatic rings. The summed E-state index contributed by atoms with van der Waals surface area (Å²) in [6.07, 6.45) is 4.45. The first-order valence-electron chi connectivity index (χ1n) is 8.43. The highest BCUT2D eigenvalue weighted by atomic mass is 16.5. The molecule has 0 aromatic carbocycles. The summed E-state index contributed by atoms with van der Waals surface area (Å²) < 4.78 is 21.7. The number of rotatable bonds is 18. The van der Waals surface area contributed by atoms with Gasteiger partial charge in [0.15, 0.2) is 0 Å². The SMILES string of the molecule is CCCCOCCOCCOCCNCCCOCCC. The first-order chi connectivity index (χ1) is 10.4. The molecule has 0 amide bonds. The Morgan fingerprint density at radius 1 is 0.524 bits per heavy atom. The van der Waals surface area contributed by atoms with Crippen LogP contribution < -0.4 is 5.32 Å². The molecule has 1 N–H and O–H groups in total. The maximum atomic E-state index is 5.46. The minimum atomic E-state index is 0.641. The van der Waals surface area contributed by atoms with Gasteiger partial charge >= 0.3 is 0 Å². The Bertz CT molecular complexity index is 164. The van der Waals surface area contributed by atoms with Gasteiger partial charge in [-0.15, -0.1) is 0 Å². The van der Waals surface area contributed by atoms with Gasteiger partial charge in [-0.05, 0) is 25.8 Å². The Hall–Kier alpha value is -0.200. The standard InChI is InChI=1S/C16H35NO4/c1-3-5-10-19-13-15-21-16-14-20-12-8-17-7-6-11-18-9-4-2/h17H,3-16H2,1-2H3. The molecule has 0 rings (SSSR count). The average molecular weight is 305 g/mol. The van der Waals surface area contributed by atoms with E-state index in [1.807, 2.05) is 0 Å². The van der Waals surface area contributed by atoms with Crippen LogP contribution in [0.2, 0.25) is 0 Å². The number of ether oxygens (including phenoxy) is 4. The Morgan fingerprint density at radius 3 is 1.76 bits per heavy atom. The Morgan fingerprint density at radius 2 is 1.10 bits per heavy atom. The smallest absolute Gasteiger partial charge is 0.0701 e. The third-order valence-corrected chi connectivity index (χ3v) is 2.80. The molecule has 0 aliphatic rings. The third kappa shape index (κ3) is 19.8. The Balaban J connectivity index is 2.90. The molecule has 0 atom stereocenters. The fourth-order valence-corrected chi connectivity index (χ4v) is 1.60. The predicted molar refractivity (Wildman–Crippen MR) is 86.0 cm³/mol. The Labute approximate surface area is 130 Å². The lowest BCUT2D eigenvalue weighted by Gasteiger charge is -2.07. The van der Waals surface area contributed by atoms with Crippen molar-refractivity contribution in [3.63, 3.8) is 0 Å². The lowest BCUT2D eigenvalue weighted by atomic mass is 10.4. The lowest BCUT2D eigenvalue weighted by molar-refractivity contribution is 0.0146. The van der Waals surface area contributed by atoms with Gasteiger partial charge in [0.1, 0.15) is 0 Å². The highest BCUT2D eigenvalue weighted by Crippen LogP contribution is 1.88. The molecule has 0 radical (unpaired) electrons. The van der Waals surface area contributed by atoms with Crippen molar-refractivity contribution in [2.75, 3.05) is 65.9 Å². The highest BCUT2D eigenvalue weighted by molar-refractivity contribution is 4.46. The van der Waals surface area contributed by atoms with E-state index in [1.165, 1.54) is 6.42 Å². The molecule has 0 aliphatic carbocycles. The van der Waals surface area contributed by atoms with E-state index >= 15 is 0 Å². The summed E-state index contributed by atoms with van der Waals surface area (Å²) >= 11 is 0. The summed E-state index contributed by atoms with van der Waals surface area (Å²) in [5.74, 6) is 0. The molecule has 0 heterocycles. The summed E-state index contributed by atoms with van der Waals surface area (Å²) in [5.41, 5.74) is 0. The van der Waals surface area contributed by atoms with Crippen molar-refractivity contribution >= 4 is 0 Å². The molecule has 0 bridgehead atoms. The molecule has 5 nitrogen and oxygen atoms in total. The third-order valence-electron chi connectivity index (χ3n) is 2.80. The minimum absolute atomic E-state index is 0.641. The topological polar surface area (TPSA) is 49.0 Å². The van der Waals surface area contributed by atoms with Gasteiger partial charge in [0.05, 0.1) is 33.0 Å².